The molecule has 47 heavy (non-hydrogen) atoms. The first kappa shape index (κ1) is 26.8. The third-order valence-corrected chi connectivity index (χ3v) is 10.4. The van der Waals surface area contributed by atoms with Crippen LogP contribution in [0.5, 0.6) is 11.5 Å². The highest BCUT2D eigenvalue weighted by Gasteiger charge is 2.47. The van der Waals surface area contributed by atoms with Crippen LogP contribution in [0.3, 0.4) is 0 Å². The molecule has 0 fully saturated rings. The van der Waals surface area contributed by atoms with Crippen LogP contribution >= 0.6 is 0 Å². The lowest BCUT2D eigenvalue weighted by molar-refractivity contribution is 0.477. The van der Waals surface area contributed by atoms with Crippen LogP contribution in [0.15, 0.2) is 156 Å². The topological polar surface area (TPSA) is 19.0 Å². The maximum atomic E-state index is 6.64. The number of benzene rings is 4. The molecule has 1 unspecified atom stereocenters. The highest BCUT2D eigenvalue weighted by atomic mass is 16.5. The van der Waals surface area contributed by atoms with Crippen LogP contribution in [0.1, 0.15) is 32.1 Å². The molecule has 0 amide bonds. The Kier molecular flexibility index (Phi) is 6.02. The lowest BCUT2D eigenvalue weighted by atomic mass is 9.32. The molecule has 4 nitrogen and oxygen atoms in total. The molecule has 0 radical (unpaired) electrons. The van der Waals surface area contributed by atoms with Gasteiger partial charge in [-0.2, -0.15) is 0 Å². The van der Waals surface area contributed by atoms with Crippen molar-refractivity contribution in [2.24, 2.45) is 0 Å². The van der Waals surface area contributed by atoms with Crippen molar-refractivity contribution in [1.29, 1.82) is 0 Å². The van der Waals surface area contributed by atoms with Gasteiger partial charge < -0.3 is 19.4 Å². The number of hydrogen-bond donors (Lipinski definition) is 0. The maximum absolute atomic E-state index is 6.64. The van der Waals surface area contributed by atoms with Crippen molar-refractivity contribution in [2.45, 2.75) is 38.1 Å². The first-order chi connectivity index (χ1) is 23.3. The van der Waals surface area contributed by atoms with Crippen LogP contribution in [0, 0.1) is 0 Å². The van der Waals surface area contributed by atoms with Crippen LogP contribution in [0.4, 0.5) is 34.1 Å². The normalized spacial score (nSPS) is 19.4. The van der Waals surface area contributed by atoms with Gasteiger partial charge in [-0.1, -0.05) is 91.1 Å². The number of nitrogens with zero attached hydrogens (tertiary/aromatic N) is 3. The van der Waals surface area contributed by atoms with Crippen molar-refractivity contribution in [3.63, 3.8) is 0 Å². The Balaban J connectivity index is 1.31. The lowest BCUT2D eigenvalue weighted by Gasteiger charge is -2.48. The zero-order valence-corrected chi connectivity index (χ0v) is 26.2. The van der Waals surface area contributed by atoms with E-state index >= 15 is 0 Å². The molecule has 0 aromatic heterocycles. The van der Waals surface area contributed by atoms with E-state index in [2.05, 4.69) is 154 Å². The second kappa shape index (κ2) is 10.6. The summed E-state index contributed by atoms with van der Waals surface area (Å²) in [7, 11) is 0. The summed E-state index contributed by atoms with van der Waals surface area (Å²) in [4.78, 5) is 7.63. The fraction of sp³-hybridized carbons (Fsp3) is 0.143. The average Bonchev–Trinajstić information content (AvgIpc) is 3.14. The van der Waals surface area contributed by atoms with Crippen LogP contribution in [-0.4, -0.2) is 12.8 Å². The minimum atomic E-state index is 0.118. The molecule has 0 saturated carbocycles. The second-order valence-electron chi connectivity index (χ2n) is 13.0. The molecule has 5 heteroatoms. The summed E-state index contributed by atoms with van der Waals surface area (Å²) in [5.41, 5.74) is 13.9. The number of anilines is 6. The summed E-state index contributed by atoms with van der Waals surface area (Å²) in [5.74, 6) is 1.81. The van der Waals surface area contributed by atoms with E-state index in [1.165, 1.54) is 50.5 Å². The molecule has 3 aliphatic carbocycles. The number of fused-ring (bicyclic) bond motifs is 5. The zero-order chi connectivity index (χ0) is 30.9. The van der Waals surface area contributed by atoms with Crippen LogP contribution in [-0.2, 0) is 0 Å². The van der Waals surface area contributed by atoms with E-state index < -0.39 is 0 Å². The summed E-state index contributed by atoms with van der Waals surface area (Å²) in [6.07, 6.45) is 26.0. The zero-order valence-electron chi connectivity index (χ0n) is 26.2. The molecule has 226 valence electrons. The number of ether oxygens (including phenoxy) is 1. The van der Waals surface area contributed by atoms with Crippen LogP contribution in [0.2, 0.25) is 0 Å². The van der Waals surface area contributed by atoms with Gasteiger partial charge in [0.05, 0.1) is 17.4 Å². The Morgan fingerprint density at radius 1 is 0.702 bits per heavy atom. The van der Waals surface area contributed by atoms with Gasteiger partial charge in [-0.05, 0) is 97.0 Å². The van der Waals surface area contributed by atoms with Crippen molar-refractivity contribution >= 4 is 51.8 Å². The summed E-state index contributed by atoms with van der Waals surface area (Å²) in [6.45, 7) is 0.118. The third-order valence-electron chi connectivity index (χ3n) is 10.4. The summed E-state index contributed by atoms with van der Waals surface area (Å²) in [6, 6.07) is 31.2. The van der Waals surface area contributed by atoms with E-state index in [4.69, 9.17) is 4.74 Å². The molecule has 0 N–H and O–H groups in total. The predicted octanol–water partition coefficient (Wildman–Crippen LogP) is 9.40. The molecule has 10 rings (SSSR count). The fourth-order valence-electron chi connectivity index (χ4n) is 8.46. The molecule has 6 aliphatic rings. The smallest absolute Gasteiger partial charge is 0.251 e. The first-order valence-corrected chi connectivity index (χ1v) is 17.0. The van der Waals surface area contributed by atoms with E-state index in [1.807, 2.05) is 0 Å². The number of allylic oxidation sites excluding steroid dienone is 9. The van der Waals surface area contributed by atoms with Crippen molar-refractivity contribution in [3.05, 3.63) is 156 Å². The molecule has 0 bridgehead atoms. The lowest BCUT2D eigenvalue weighted by Crippen LogP contribution is -2.57. The Morgan fingerprint density at radius 3 is 2.38 bits per heavy atom. The van der Waals surface area contributed by atoms with E-state index in [0.717, 1.165) is 55.0 Å². The summed E-state index contributed by atoms with van der Waals surface area (Å²) < 4.78 is 6.64. The Labute approximate surface area is 276 Å². The minimum absolute atomic E-state index is 0.118. The van der Waals surface area contributed by atoms with Gasteiger partial charge in [-0.3, -0.25) is 0 Å². The molecule has 3 aliphatic heterocycles. The number of para-hydroxylation sites is 4. The largest absolute Gasteiger partial charge is 0.453 e. The third kappa shape index (κ3) is 4.02. The second-order valence-corrected chi connectivity index (χ2v) is 13.0. The fourth-order valence-corrected chi connectivity index (χ4v) is 8.46. The quantitative estimate of drug-likeness (QED) is 0.190. The van der Waals surface area contributed by atoms with E-state index in [0.29, 0.717) is 0 Å². The Bertz CT molecular complexity index is 2140. The van der Waals surface area contributed by atoms with E-state index in [-0.39, 0.29) is 12.8 Å². The van der Waals surface area contributed by atoms with Gasteiger partial charge in [0.25, 0.3) is 6.71 Å². The Hall–Kier alpha value is -5.42. The molecule has 0 spiro atoms. The summed E-state index contributed by atoms with van der Waals surface area (Å²) >= 11 is 0. The van der Waals surface area contributed by atoms with Crippen LogP contribution < -0.4 is 30.4 Å². The van der Waals surface area contributed by atoms with Crippen molar-refractivity contribution in [2.75, 3.05) is 14.7 Å². The molecule has 0 saturated heterocycles. The Morgan fingerprint density at radius 2 is 1.53 bits per heavy atom. The molecule has 4 aromatic carbocycles. The van der Waals surface area contributed by atoms with Crippen LogP contribution in [0.25, 0.3) is 0 Å². The first-order valence-electron chi connectivity index (χ1n) is 17.0. The highest BCUT2D eigenvalue weighted by molar-refractivity contribution is 6.95. The molecular formula is C42H34BN3O. The van der Waals surface area contributed by atoms with Gasteiger partial charge in [-0.25, -0.2) is 0 Å². The maximum Gasteiger partial charge on any atom is 0.251 e. The highest BCUT2D eigenvalue weighted by Crippen LogP contribution is 2.54. The number of hydrogen-bond acceptors (Lipinski definition) is 4. The SMILES string of the molecule is C1=CCC(N(c2ccccc2)c2cc3c4c(c2)N2c5ccccc5Oc5cccc(c52)B4C2=C(CCC=C2)N3C2=CCCC=C2)C=C1. The van der Waals surface area contributed by atoms with E-state index in [9.17, 15) is 0 Å². The molecule has 4 aromatic rings. The predicted molar refractivity (Wildman–Crippen MR) is 196 cm³/mol. The van der Waals surface area contributed by atoms with Gasteiger partial charge in [0.2, 0.25) is 0 Å². The van der Waals surface area contributed by atoms with Gasteiger partial charge in [0, 0.05) is 34.1 Å². The minimum Gasteiger partial charge on any atom is -0.453 e. The van der Waals surface area contributed by atoms with E-state index in [1.54, 1.807) is 0 Å². The van der Waals surface area contributed by atoms with Gasteiger partial charge in [0.1, 0.15) is 0 Å². The van der Waals surface area contributed by atoms with Gasteiger partial charge in [-0.15, -0.1) is 0 Å². The van der Waals surface area contributed by atoms with Crippen molar-refractivity contribution < 1.29 is 4.74 Å². The average molecular weight is 608 g/mol. The van der Waals surface area contributed by atoms with Crippen molar-refractivity contribution in [3.8, 4) is 11.5 Å². The molecular weight excluding hydrogens is 573 g/mol. The molecule has 3 heterocycles. The van der Waals surface area contributed by atoms with Gasteiger partial charge in [0.15, 0.2) is 11.5 Å². The number of rotatable bonds is 4. The monoisotopic (exact) mass is 607 g/mol. The van der Waals surface area contributed by atoms with Gasteiger partial charge >= 0.3 is 0 Å². The van der Waals surface area contributed by atoms with Crippen molar-refractivity contribution in [1.82, 2.24) is 0 Å². The standard InChI is InChI=1S/C42H34BN3O/c1-4-15-29(16-5-1)44(30-17-6-2-7-18-30)32-27-37-41-38(28-32)46-36-24-12-13-25-39(36)47-40-26-14-22-34(42(40)46)43(41)33-21-10-11-23-35(33)45(37)31-19-8-3-9-20-31/h1-2,4-8,10,12-17,19-22,24-28,30H,3,9,11,18,23H2. The molecule has 1 atom stereocenters. The summed E-state index contributed by atoms with van der Waals surface area (Å²) in [5, 5.41) is 0.